The molecule has 1 nitrogen and oxygen atoms in total. The molecule has 0 heterocycles. The summed E-state index contributed by atoms with van der Waals surface area (Å²) in [7, 11) is -0.812. The summed E-state index contributed by atoms with van der Waals surface area (Å²) in [6, 6.07) is 0. The second-order valence-electron chi connectivity index (χ2n) is 0.671. The Balaban J connectivity index is 3.17. The van der Waals surface area contributed by atoms with Gasteiger partial charge in [-0.25, -0.2) is 0 Å². The molecular weight excluding hydrogens is 95.8 g/mol. The number of hydrogen-bond acceptors (Lipinski definition) is 1. The largest absolute Gasteiger partial charge is 0.447 e. The van der Waals surface area contributed by atoms with Crippen molar-refractivity contribution in [3.05, 3.63) is 0 Å². The lowest BCUT2D eigenvalue weighted by atomic mass is 10.0. The summed E-state index contributed by atoms with van der Waals surface area (Å²) in [6.07, 6.45) is -4.53. The van der Waals surface area contributed by atoms with Gasteiger partial charge < -0.3 is 5.02 Å². The minimum Gasteiger partial charge on any atom is -0.447 e. The molecule has 0 rings (SSSR count). The maximum Gasteiger partial charge on any atom is 0.425 e. The lowest BCUT2D eigenvalue weighted by Crippen LogP contribution is -2.16. The standard InChI is InChI=1S/CHBF3O/c3-1(4,5)2-6/h6H. The van der Waals surface area contributed by atoms with Crippen molar-refractivity contribution in [2.45, 2.75) is 6.08 Å². The van der Waals surface area contributed by atoms with Crippen molar-refractivity contribution >= 4 is 7.48 Å². The van der Waals surface area contributed by atoms with Gasteiger partial charge in [0.2, 0.25) is 0 Å². The highest BCUT2D eigenvalue weighted by molar-refractivity contribution is 6.28. The molecule has 6 heavy (non-hydrogen) atoms. The van der Waals surface area contributed by atoms with Crippen molar-refractivity contribution in [3.63, 3.8) is 0 Å². The second-order valence-corrected chi connectivity index (χ2v) is 0.671. The quantitative estimate of drug-likeness (QED) is 0.425. The van der Waals surface area contributed by atoms with Gasteiger partial charge in [0.1, 0.15) is 0 Å². The van der Waals surface area contributed by atoms with Gasteiger partial charge in [0.15, 0.2) is 0 Å². The first-order valence-electron chi connectivity index (χ1n) is 1.11. The first-order chi connectivity index (χ1) is 2.56. The van der Waals surface area contributed by atoms with Crippen LogP contribution in [0.5, 0.6) is 0 Å². The third kappa shape index (κ3) is 3.81. The number of halogens is 3. The van der Waals surface area contributed by atoms with Gasteiger partial charge in [-0.3, -0.25) is 0 Å². The summed E-state index contributed by atoms with van der Waals surface area (Å²) in [5.41, 5.74) is 0. The van der Waals surface area contributed by atoms with Gasteiger partial charge in [0.25, 0.3) is 0 Å². The third-order valence-electron chi connectivity index (χ3n) is 0.146. The van der Waals surface area contributed by atoms with Crippen LogP contribution < -0.4 is 0 Å². The summed E-state index contributed by atoms with van der Waals surface area (Å²) in [6.45, 7) is 0. The van der Waals surface area contributed by atoms with Crippen molar-refractivity contribution in [2.24, 2.45) is 0 Å². The van der Waals surface area contributed by atoms with E-state index in [4.69, 9.17) is 5.02 Å². The predicted molar refractivity (Wildman–Crippen MR) is 14.0 cm³/mol. The van der Waals surface area contributed by atoms with Gasteiger partial charge in [0, 0.05) is 0 Å². The molecule has 35 valence electrons. The summed E-state index contributed by atoms with van der Waals surface area (Å²) in [5.74, 6) is 0. The zero-order chi connectivity index (χ0) is 5.21. The van der Waals surface area contributed by atoms with E-state index in [0.717, 1.165) is 0 Å². The van der Waals surface area contributed by atoms with Crippen LogP contribution in [0.15, 0.2) is 0 Å². The van der Waals surface area contributed by atoms with Gasteiger partial charge in [-0.1, -0.05) is 0 Å². The molecule has 0 saturated carbocycles. The molecule has 0 unspecified atom stereocenters. The van der Waals surface area contributed by atoms with Crippen LogP contribution in [0, 0.1) is 0 Å². The van der Waals surface area contributed by atoms with E-state index in [1.165, 1.54) is 0 Å². The summed E-state index contributed by atoms with van der Waals surface area (Å²) in [4.78, 5) is 0. The summed E-state index contributed by atoms with van der Waals surface area (Å²) >= 11 is 0. The van der Waals surface area contributed by atoms with Crippen LogP contribution >= 0.6 is 0 Å². The van der Waals surface area contributed by atoms with Crippen LogP contribution in [-0.4, -0.2) is 18.6 Å². The zero-order valence-corrected chi connectivity index (χ0v) is 2.66. The van der Waals surface area contributed by atoms with Crippen LogP contribution in [0.1, 0.15) is 0 Å². The molecule has 0 aromatic heterocycles. The van der Waals surface area contributed by atoms with Crippen molar-refractivity contribution in [3.8, 4) is 0 Å². The molecule has 0 saturated heterocycles. The average Bonchev–Trinajstić information content (AvgIpc) is 1.35. The normalized spacial score (nSPS) is 11.3. The molecule has 0 atom stereocenters. The minimum absolute atomic E-state index is 0.812. The molecule has 0 amide bonds. The summed E-state index contributed by atoms with van der Waals surface area (Å²) in [5, 5.41) is 7.15. The van der Waals surface area contributed by atoms with Crippen molar-refractivity contribution in [1.29, 1.82) is 0 Å². The smallest absolute Gasteiger partial charge is 0.425 e. The minimum atomic E-state index is -4.53. The molecule has 1 N–H and O–H groups in total. The van der Waals surface area contributed by atoms with Gasteiger partial charge in [-0.05, 0) is 0 Å². The first-order valence-corrected chi connectivity index (χ1v) is 1.11. The topological polar surface area (TPSA) is 20.2 Å². The highest BCUT2D eigenvalue weighted by Gasteiger charge is 2.27. The Hall–Kier alpha value is -0.185. The van der Waals surface area contributed by atoms with E-state index in [9.17, 15) is 13.2 Å². The monoisotopic (exact) mass is 97.0 g/mol. The van der Waals surface area contributed by atoms with E-state index in [-0.39, 0.29) is 0 Å². The molecule has 0 aromatic rings. The van der Waals surface area contributed by atoms with E-state index in [0.29, 0.717) is 0 Å². The first kappa shape index (κ1) is 5.81. The Morgan fingerprint density at radius 3 is 1.50 bits per heavy atom. The highest BCUT2D eigenvalue weighted by atomic mass is 19.4. The fourth-order valence-corrected chi connectivity index (χ4v) is 0. The lowest BCUT2D eigenvalue weighted by Gasteiger charge is -1.93. The molecule has 0 bridgehead atoms. The molecule has 1 radical (unpaired) electrons. The Bertz CT molecular complexity index is 40.5. The van der Waals surface area contributed by atoms with Crippen molar-refractivity contribution in [1.82, 2.24) is 0 Å². The van der Waals surface area contributed by atoms with Crippen molar-refractivity contribution in [2.75, 3.05) is 0 Å². The Labute approximate surface area is 33.1 Å². The molecule has 0 fully saturated rings. The molecular formula is CHBF3O. The van der Waals surface area contributed by atoms with E-state index < -0.39 is 13.6 Å². The van der Waals surface area contributed by atoms with E-state index in [2.05, 4.69) is 0 Å². The van der Waals surface area contributed by atoms with Crippen LogP contribution in [0.2, 0.25) is 0 Å². The molecule has 5 heteroatoms. The lowest BCUT2D eigenvalue weighted by molar-refractivity contribution is -0.0559. The van der Waals surface area contributed by atoms with E-state index >= 15 is 0 Å². The van der Waals surface area contributed by atoms with Gasteiger partial charge in [-0.15, -0.1) is 0 Å². The Morgan fingerprint density at radius 1 is 1.33 bits per heavy atom. The van der Waals surface area contributed by atoms with Crippen LogP contribution in [-0.2, 0) is 0 Å². The van der Waals surface area contributed by atoms with Crippen LogP contribution in [0.25, 0.3) is 0 Å². The second kappa shape index (κ2) is 1.51. The molecule has 0 aromatic carbocycles. The van der Waals surface area contributed by atoms with Gasteiger partial charge in [0.05, 0.1) is 0 Å². The van der Waals surface area contributed by atoms with Gasteiger partial charge in [-0.2, -0.15) is 13.2 Å². The molecule has 0 aliphatic heterocycles. The Kier molecular flexibility index (Phi) is 1.46. The molecule has 0 aliphatic rings. The fourth-order valence-electron chi connectivity index (χ4n) is 0. The van der Waals surface area contributed by atoms with E-state index in [1.54, 1.807) is 0 Å². The molecule has 0 aliphatic carbocycles. The number of hydrogen-bond donors (Lipinski definition) is 1. The van der Waals surface area contributed by atoms with Crippen LogP contribution in [0.3, 0.4) is 0 Å². The number of rotatable bonds is 0. The Morgan fingerprint density at radius 2 is 1.50 bits per heavy atom. The maximum absolute atomic E-state index is 10.5. The molecule has 0 spiro atoms. The van der Waals surface area contributed by atoms with Crippen molar-refractivity contribution < 1.29 is 18.2 Å². The fraction of sp³-hybridized carbons (Fsp3) is 1.00. The van der Waals surface area contributed by atoms with Crippen LogP contribution in [0.4, 0.5) is 13.2 Å². The highest BCUT2D eigenvalue weighted by Crippen LogP contribution is 2.09. The van der Waals surface area contributed by atoms with Gasteiger partial charge >= 0.3 is 13.6 Å². The zero-order valence-electron chi connectivity index (χ0n) is 2.66. The maximum atomic E-state index is 10.5. The average molecular weight is 96.8 g/mol. The third-order valence-corrected chi connectivity index (χ3v) is 0.146. The SMILES string of the molecule is O[B]C(F)(F)F. The summed E-state index contributed by atoms with van der Waals surface area (Å²) < 4.78 is 31.4. The number of alkyl halides is 3. The van der Waals surface area contributed by atoms with E-state index in [1.807, 2.05) is 0 Å². The predicted octanol–water partition coefficient (Wildman–Crippen LogP) is 0.118.